The number of thiazole rings is 1. The fourth-order valence-corrected chi connectivity index (χ4v) is 5.80. The number of nitrogens with one attached hydrogen (secondary N) is 1. The highest BCUT2D eigenvalue weighted by molar-refractivity contribution is 7.89. The van der Waals surface area contributed by atoms with E-state index in [2.05, 4.69) is 43.2 Å². The predicted molar refractivity (Wildman–Crippen MR) is 129 cm³/mol. The van der Waals surface area contributed by atoms with Crippen molar-refractivity contribution in [3.05, 3.63) is 53.2 Å². The van der Waals surface area contributed by atoms with Gasteiger partial charge in [0.1, 0.15) is 10.6 Å². The van der Waals surface area contributed by atoms with Gasteiger partial charge in [0.2, 0.25) is 10.0 Å². The largest absolute Gasteiger partial charge is 0.379 e. The number of carbonyl (C=O) groups excluding carboxylic acids is 1. The number of aryl methyl sites for hydroxylation is 1. The Hall–Kier alpha value is -2.53. The van der Waals surface area contributed by atoms with Crippen LogP contribution in [0, 0.1) is 0 Å². The van der Waals surface area contributed by atoms with Gasteiger partial charge in [-0.05, 0) is 17.0 Å². The second kappa shape index (κ2) is 9.02. The molecule has 176 valence electrons. The first-order chi connectivity index (χ1) is 15.6. The maximum Gasteiger partial charge on any atom is 0.274 e. The first-order valence-electron chi connectivity index (χ1n) is 10.7. The zero-order chi connectivity index (χ0) is 23.8. The van der Waals surface area contributed by atoms with Crippen LogP contribution in [0.1, 0.15) is 36.8 Å². The Morgan fingerprint density at radius 1 is 1.15 bits per heavy atom. The summed E-state index contributed by atoms with van der Waals surface area (Å²) in [5.74, 6) is -0.412. The molecule has 0 atom stereocenters. The molecule has 3 aromatic rings. The molecule has 10 heteroatoms. The quantitative estimate of drug-likeness (QED) is 0.591. The molecule has 33 heavy (non-hydrogen) atoms. The summed E-state index contributed by atoms with van der Waals surface area (Å²) in [6.07, 6.45) is 1.46. The van der Waals surface area contributed by atoms with Crippen LogP contribution in [0.2, 0.25) is 0 Å². The van der Waals surface area contributed by atoms with E-state index in [0.29, 0.717) is 31.4 Å². The predicted octanol–water partition coefficient (Wildman–Crippen LogP) is 3.72. The van der Waals surface area contributed by atoms with Gasteiger partial charge in [0.25, 0.3) is 5.91 Å². The second-order valence-corrected chi connectivity index (χ2v) is 11.8. The third-order valence-corrected chi connectivity index (χ3v) is 8.21. The molecule has 1 N–H and O–H groups in total. The van der Waals surface area contributed by atoms with Crippen LogP contribution in [0.15, 0.2) is 46.8 Å². The Kier molecular flexibility index (Phi) is 6.45. The summed E-state index contributed by atoms with van der Waals surface area (Å²) in [6.45, 7) is 7.84. The minimum atomic E-state index is -3.68. The average molecular weight is 489 g/mol. The first kappa shape index (κ1) is 23.6. The molecule has 4 rings (SSSR count). The van der Waals surface area contributed by atoms with E-state index in [1.165, 1.54) is 38.0 Å². The zero-order valence-electron chi connectivity index (χ0n) is 19.2. The summed E-state index contributed by atoms with van der Waals surface area (Å²) >= 11 is 1.33. The number of morpholine rings is 1. The zero-order valence-corrected chi connectivity index (χ0v) is 20.8. The Morgan fingerprint density at radius 2 is 1.82 bits per heavy atom. The van der Waals surface area contributed by atoms with Gasteiger partial charge in [-0.15, -0.1) is 11.3 Å². The molecule has 0 aliphatic carbocycles. The Balaban J connectivity index is 1.49. The molecule has 1 amide bonds. The number of hydrogen-bond donors (Lipinski definition) is 1. The lowest BCUT2D eigenvalue weighted by molar-refractivity contribution is 0.0730. The molecule has 1 fully saturated rings. The summed E-state index contributed by atoms with van der Waals surface area (Å²) in [6, 6.07) is 9.64. The van der Waals surface area contributed by atoms with E-state index in [1.807, 2.05) is 17.5 Å². The Labute approximate surface area is 198 Å². The van der Waals surface area contributed by atoms with Gasteiger partial charge >= 0.3 is 0 Å². The number of nitrogens with zero attached hydrogens (tertiary/aromatic N) is 3. The van der Waals surface area contributed by atoms with Crippen LogP contribution in [0.4, 0.5) is 5.13 Å². The molecular formula is C23H28N4O4S2. The van der Waals surface area contributed by atoms with Gasteiger partial charge < -0.3 is 9.30 Å². The van der Waals surface area contributed by atoms with E-state index in [9.17, 15) is 13.2 Å². The van der Waals surface area contributed by atoms with E-state index in [1.54, 1.807) is 7.05 Å². The van der Waals surface area contributed by atoms with Crippen LogP contribution in [-0.4, -0.2) is 54.5 Å². The lowest BCUT2D eigenvalue weighted by Crippen LogP contribution is -2.40. The lowest BCUT2D eigenvalue weighted by Gasteiger charge is -2.25. The number of hydrogen-bond acceptors (Lipinski definition) is 6. The monoisotopic (exact) mass is 488 g/mol. The van der Waals surface area contributed by atoms with E-state index >= 15 is 0 Å². The third-order valence-electron chi connectivity index (χ3n) is 5.59. The second-order valence-electron chi connectivity index (χ2n) is 9.01. The summed E-state index contributed by atoms with van der Waals surface area (Å²) in [7, 11) is -2.03. The summed E-state index contributed by atoms with van der Waals surface area (Å²) in [5.41, 5.74) is 3.30. The number of carbonyl (C=O) groups is 1. The van der Waals surface area contributed by atoms with Crippen LogP contribution in [0.5, 0.6) is 0 Å². The number of aromatic nitrogens is 2. The SMILES string of the molecule is Cn1cc(S(=O)(=O)N2CCOCC2)cc1C(=O)Nc1nc(-c2ccc(C(C)(C)C)cc2)cs1. The molecule has 1 aliphatic heterocycles. The van der Waals surface area contributed by atoms with E-state index in [4.69, 9.17) is 4.74 Å². The van der Waals surface area contributed by atoms with Gasteiger partial charge in [0.15, 0.2) is 5.13 Å². The lowest BCUT2D eigenvalue weighted by atomic mass is 9.86. The standard InChI is InChI=1S/C23H28N4O4S2/c1-23(2,3)17-7-5-16(6-8-17)19-15-32-22(24-19)25-21(28)20-13-18(14-26(20)4)33(29,30)27-9-11-31-12-10-27/h5-8,13-15H,9-12H2,1-4H3,(H,24,25,28). The van der Waals surface area contributed by atoms with Crippen molar-refractivity contribution in [1.82, 2.24) is 13.9 Å². The van der Waals surface area contributed by atoms with Crippen LogP contribution in [0.25, 0.3) is 11.3 Å². The fraction of sp³-hybridized carbons (Fsp3) is 0.391. The van der Waals surface area contributed by atoms with Gasteiger partial charge in [-0.3, -0.25) is 10.1 Å². The maximum absolute atomic E-state index is 12.9. The van der Waals surface area contributed by atoms with E-state index in [0.717, 1.165) is 11.3 Å². The van der Waals surface area contributed by atoms with E-state index in [-0.39, 0.29) is 16.0 Å². The molecule has 0 bridgehead atoms. The van der Waals surface area contributed by atoms with Crippen molar-refractivity contribution in [3.8, 4) is 11.3 Å². The minimum Gasteiger partial charge on any atom is -0.379 e. The molecule has 0 saturated carbocycles. The third kappa shape index (κ3) is 5.03. The molecule has 0 radical (unpaired) electrons. The van der Waals surface area contributed by atoms with Crippen molar-refractivity contribution in [2.75, 3.05) is 31.6 Å². The normalized spacial score (nSPS) is 15.5. The molecule has 1 saturated heterocycles. The number of sulfonamides is 1. The van der Waals surface area contributed by atoms with E-state index < -0.39 is 15.9 Å². The summed E-state index contributed by atoms with van der Waals surface area (Å²) in [5, 5.41) is 5.13. The molecule has 0 unspecified atom stereocenters. The molecule has 1 aliphatic rings. The molecule has 1 aromatic carbocycles. The van der Waals surface area contributed by atoms with Crippen LogP contribution >= 0.6 is 11.3 Å². The van der Waals surface area contributed by atoms with Gasteiger partial charge in [-0.1, -0.05) is 45.0 Å². The van der Waals surface area contributed by atoms with Crippen LogP contribution in [0.3, 0.4) is 0 Å². The van der Waals surface area contributed by atoms with Gasteiger partial charge in [-0.25, -0.2) is 13.4 Å². The van der Waals surface area contributed by atoms with Crippen molar-refractivity contribution in [3.63, 3.8) is 0 Å². The number of ether oxygens (including phenoxy) is 1. The molecular weight excluding hydrogens is 460 g/mol. The number of benzene rings is 1. The van der Waals surface area contributed by atoms with Crippen molar-refractivity contribution in [2.24, 2.45) is 7.05 Å². The maximum atomic E-state index is 12.9. The van der Waals surface area contributed by atoms with Crippen molar-refractivity contribution < 1.29 is 17.9 Å². The molecule has 0 spiro atoms. The van der Waals surface area contributed by atoms with Crippen LogP contribution < -0.4 is 5.32 Å². The average Bonchev–Trinajstić information content (AvgIpc) is 3.41. The van der Waals surface area contributed by atoms with Crippen molar-refractivity contribution >= 4 is 32.4 Å². The molecule has 3 heterocycles. The smallest absolute Gasteiger partial charge is 0.274 e. The fourth-order valence-electron chi connectivity index (χ4n) is 3.60. The Morgan fingerprint density at radius 3 is 2.45 bits per heavy atom. The van der Waals surface area contributed by atoms with Crippen molar-refractivity contribution in [2.45, 2.75) is 31.1 Å². The van der Waals surface area contributed by atoms with Gasteiger partial charge in [-0.2, -0.15) is 4.31 Å². The van der Waals surface area contributed by atoms with Crippen molar-refractivity contribution in [1.29, 1.82) is 0 Å². The topological polar surface area (TPSA) is 93.5 Å². The highest BCUT2D eigenvalue weighted by Gasteiger charge is 2.29. The van der Waals surface area contributed by atoms with Gasteiger partial charge in [0.05, 0.1) is 18.9 Å². The first-order valence-corrected chi connectivity index (χ1v) is 13.0. The number of rotatable bonds is 5. The number of amides is 1. The summed E-state index contributed by atoms with van der Waals surface area (Å²) < 4.78 is 33.9. The van der Waals surface area contributed by atoms with Gasteiger partial charge in [0, 0.05) is 37.3 Å². The molecule has 2 aromatic heterocycles. The highest BCUT2D eigenvalue weighted by atomic mass is 32.2. The Bertz CT molecular complexity index is 1250. The minimum absolute atomic E-state index is 0.0723. The number of anilines is 1. The highest BCUT2D eigenvalue weighted by Crippen LogP contribution is 2.29. The summed E-state index contributed by atoms with van der Waals surface area (Å²) in [4.78, 5) is 17.5. The van der Waals surface area contributed by atoms with Crippen LogP contribution in [-0.2, 0) is 27.2 Å². The molecule has 8 nitrogen and oxygen atoms in total.